The predicted octanol–water partition coefficient (Wildman–Crippen LogP) is 4.31. The normalized spacial score (nSPS) is 16.5. The van der Waals surface area contributed by atoms with E-state index in [1.165, 1.54) is 5.57 Å². The van der Waals surface area contributed by atoms with Gasteiger partial charge in [-0.15, -0.1) is 11.3 Å². The molecule has 0 saturated heterocycles. The summed E-state index contributed by atoms with van der Waals surface area (Å²) in [7, 11) is 1.90. The molecule has 0 amide bonds. The minimum atomic E-state index is 0.546. The highest BCUT2D eigenvalue weighted by atomic mass is 32.1. The van der Waals surface area contributed by atoms with Gasteiger partial charge >= 0.3 is 0 Å². The van der Waals surface area contributed by atoms with E-state index in [0.717, 1.165) is 34.2 Å². The van der Waals surface area contributed by atoms with Crippen molar-refractivity contribution >= 4 is 33.5 Å². The first-order chi connectivity index (χ1) is 13.7. The molecule has 1 aliphatic carbocycles. The summed E-state index contributed by atoms with van der Waals surface area (Å²) in [5.41, 5.74) is 4.90. The van der Waals surface area contributed by atoms with Gasteiger partial charge in [-0.25, -0.2) is 15.0 Å². The summed E-state index contributed by atoms with van der Waals surface area (Å²) >= 11 is 1.57. The molecule has 0 radical (unpaired) electrons. The molecule has 4 heterocycles. The van der Waals surface area contributed by atoms with Crippen LogP contribution in [0.15, 0.2) is 54.6 Å². The summed E-state index contributed by atoms with van der Waals surface area (Å²) in [6, 6.07) is 0. The zero-order chi connectivity index (χ0) is 19.1. The third-order valence-corrected chi connectivity index (χ3v) is 5.48. The minimum absolute atomic E-state index is 0.546. The first-order valence-electron chi connectivity index (χ1n) is 9.10. The lowest BCUT2D eigenvalue weighted by Gasteiger charge is -2.10. The largest absolute Gasteiger partial charge is 0.313 e. The number of imidazole rings is 1. The number of thiazole rings is 1. The molecule has 0 aliphatic heterocycles. The Morgan fingerprint density at radius 2 is 2.18 bits per heavy atom. The summed E-state index contributed by atoms with van der Waals surface area (Å²) in [5.74, 6) is 1.23. The van der Waals surface area contributed by atoms with Crippen LogP contribution >= 0.6 is 11.3 Å². The third-order valence-electron chi connectivity index (χ3n) is 4.72. The molecule has 140 valence electrons. The first-order valence-corrected chi connectivity index (χ1v) is 9.98. The maximum Gasteiger partial charge on any atom is 0.188 e. The predicted molar refractivity (Wildman–Crippen MR) is 111 cm³/mol. The van der Waals surface area contributed by atoms with Crippen LogP contribution < -0.4 is 5.32 Å². The molecule has 1 atom stereocenters. The van der Waals surface area contributed by atoms with E-state index in [1.807, 2.05) is 36.2 Å². The van der Waals surface area contributed by atoms with E-state index in [2.05, 4.69) is 50.9 Å². The highest BCUT2D eigenvalue weighted by molar-refractivity contribution is 7.13. The van der Waals surface area contributed by atoms with Gasteiger partial charge in [0.15, 0.2) is 16.6 Å². The Labute approximate surface area is 166 Å². The number of hydrogen-bond donors (Lipinski definition) is 1. The lowest BCUT2D eigenvalue weighted by atomic mass is 9.97. The molecule has 0 unspecified atom stereocenters. The van der Waals surface area contributed by atoms with E-state index >= 15 is 0 Å². The lowest BCUT2D eigenvalue weighted by molar-refractivity contribution is 0.739. The lowest BCUT2D eigenvalue weighted by Crippen LogP contribution is -1.99. The van der Waals surface area contributed by atoms with E-state index in [4.69, 9.17) is 4.98 Å². The van der Waals surface area contributed by atoms with Crippen molar-refractivity contribution in [3.63, 3.8) is 0 Å². The summed E-state index contributed by atoms with van der Waals surface area (Å²) in [6.45, 7) is 2.22. The van der Waals surface area contributed by atoms with Crippen LogP contribution in [0.25, 0.3) is 22.5 Å². The number of rotatable bonds is 4. The molecular formula is C20H19N7S. The summed E-state index contributed by atoms with van der Waals surface area (Å²) in [6.07, 6.45) is 17.0. The molecule has 4 aromatic rings. The second-order valence-corrected chi connectivity index (χ2v) is 7.77. The molecule has 1 N–H and O–H groups in total. The van der Waals surface area contributed by atoms with E-state index < -0.39 is 0 Å². The topological polar surface area (TPSA) is 72.9 Å². The quantitative estimate of drug-likeness (QED) is 0.563. The van der Waals surface area contributed by atoms with Gasteiger partial charge in [-0.3, -0.25) is 9.08 Å². The molecule has 7 nitrogen and oxygen atoms in total. The molecule has 8 heteroatoms. The fourth-order valence-corrected chi connectivity index (χ4v) is 4.07. The van der Waals surface area contributed by atoms with E-state index in [-0.39, 0.29) is 0 Å². The molecule has 1 aliphatic rings. The SMILES string of the molecule is C[C@H]1C=C(c2csc(Nc3nccn4c(-c5cnn(C)c5)cnc34)n2)C=CC1. The van der Waals surface area contributed by atoms with Gasteiger partial charge < -0.3 is 5.32 Å². The van der Waals surface area contributed by atoms with E-state index in [9.17, 15) is 0 Å². The van der Waals surface area contributed by atoms with Gasteiger partial charge in [0, 0.05) is 36.6 Å². The monoisotopic (exact) mass is 389 g/mol. The number of nitrogens with zero attached hydrogens (tertiary/aromatic N) is 6. The zero-order valence-electron chi connectivity index (χ0n) is 15.6. The van der Waals surface area contributed by atoms with Gasteiger partial charge in [-0.1, -0.05) is 25.2 Å². The first kappa shape index (κ1) is 16.9. The van der Waals surface area contributed by atoms with E-state index in [0.29, 0.717) is 11.7 Å². The highest BCUT2D eigenvalue weighted by Gasteiger charge is 2.14. The van der Waals surface area contributed by atoms with Crippen molar-refractivity contribution in [3.8, 4) is 11.3 Å². The van der Waals surface area contributed by atoms with Gasteiger partial charge in [-0.05, 0) is 17.9 Å². The van der Waals surface area contributed by atoms with Crippen molar-refractivity contribution in [2.45, 2.75) is 13.3 Å². The third kappa shape index (κ3) is 3.01. The number of anilines is 2. The van der Waals surface area contributed by atoms with Gasteiger partial charge in [0.05, 0.1) is 23.8 Å². The Hall–Kier alpha value is -3.26. The molecule has 0 fully saturated rings. The second kappa shape index (κ2) is 6.72. The summed E-state index contributed by atoms with van der Waals surface area (Å²) < 4.78 is 3.79. The average Bonchev–Trinajstić information content (AvgIpc) is 3.41. The molecule has 28 heavy (non-hydrogen) atoms. The molecule has 0 spiro atoms. The van der Waals surface area contributed by atoms with Crippen molar-refractivity contribution < 1.29 is 0 Å². The van der Waals surface area contributed by atoms with Gasteiger partial charge in [0.1, 0.15) is 0 Å². The van der Waals surface area contributed by atoms with Gasteiger partial charge in [0.25, 0.3) is 0 Å². The Kier molecular flexibility index (Phi) is 4.05. The molecule has 5 rings (SSSR count). The van der Waals surface area contributed by atoms with Crippen LogP contribution in [0, 0.1) is 5.92 Å². The van der Waals surface area contributed by atoms with Crippen molar-refractivity contribution in [2.75, 3.05) is 5.32 Å². The average molecular weight is 389 g/mol. The molecule has 0 saturated carbocycles. The highest BCUT2D eigenvalue weighted by Crippen LogP contribution is 2.30. The number of hydrogen-bond acceptors (Lipinski definition) is 6. The van der Waals surface area contributed by atoms with Crippen LogP contribution in [0.1, 0.15) is 19.0 Å². The fourth-order valence-electron chi connectivity index (χ4n) is 3.35. The smallest absolute Gasteiger partial charge is 0.188 e. The van der Waals surface area contributed by atoms with Crippen LogP contribution in [0.2, 0.25) is 0 Å². The van der Waals surface area contributed by atoms with Gasteiger partial charge in [-0.2, -0.15) is 5.10 Å². The molecule has 0 aromatic carbocycles. The van der Waals surface area contributed by atoms with Crippen molar-refractivity contribution in [1.29, 1.82) is 0 Å². The van der Waals surface area contributed by atoms with Crippen LogP contribution in [0.4, 0.5) is 10.9 Å². The number of aromatic nitrogens is 6. The van der Waals surface area contributed by atoms with Gasteiger partial charge in [0.2, 0.25) is 0 Å². The maximum absolute atomic E-state index is 4.74. The van der Waals surface area contributed by atoms with Crippen LogP contribution in [-0.2, 0) is 7.05 Å². The minimum Gasteiger partial charge on any atom is -0.313 e. The fraction of sp³-hybridized carbons (Fsp3) is 0.200. The Morgan fingerprint density at radius 3 is 3.00 bits per heavy atom. The zero-order valence-corrected chi connectivity index (χ0v) is 16.4. The molecule has 0 bridgehead atoms. The number of aryl methyl sites for hydroxylation is 1. The molecular weight excluding hydrogens is 370 g/mol. The Bertz CT molecular complexity index is 1210. The second-order valence-electron chi connectivity index (χ2n) is 6.92. The number of nitrogens with one attached hydrogen (secondary N) is 1. The van der Waals surface area contributed by atoms with Crippen molar-refractivity contribution in [2.24, 2.45) is 13.0 Å². The maximum atomic E-state index is 4.74. The van der Waals surface area contributed by atoms with Crippen molar-refractivity contribution in [3.05, 3.63) is 60.3 Å². The standard InChI is InChI=1S/C20H19N7S/c1-13-4-3-5-14(8-13)16-12-28-20(24-16)25-18-19-22-10-17(27(19)7-6-21-18)15-9-23-26(2)11-15/h3,5-13H,4H2,1-2H3,(H,21,24,25)/t13-/m1/s1. The number of allylic oxidation sites excluding steroid dienone is 4. The van der Waals surface area contributed by atoms with E-state index in [1.54, 1.807) is 22.2 Å². The Morgan fingerprint density at radius 1 is 1.25 bits per heavy atom. The van der Waals surface area contributed by atoms with Crippen LogP contribution in [0.3, 0.4) is 0 Å². The Balaban J connectivity index is 1.46. The van der Waals surface area contributed by atoms with Crippen molar-refractivity contribution in [1.82, 2.24) is 29.1 Å². The summed E-state index contributed by atoms with van der Waals surface area (Å²) in [5, 5.41) is 10.4. The summed E-state index contributed by atoms with van der Waals surface area (Å²) in [4.78, 5) is 13.8. The van der Waals surface area contributed by atoms with Crippen LogP contribution in [-0.4, -0.2) is 29.1 Å². The number of fused-ring (bicyclic) bond motifs is 1. The van der Waals surface area contributed by atoms with Crippen LogP contribution in [0.5, 0.6) is 0 Å². The molecule has 4 aromatic heterocycles.